The van der Waals surface area contributed by atoms with Crippen LogP contribution in [0.15, 0.2) is 53.0 Å². The van der Waals surface area contributed by atoms with E-state index in [1.807, 2.05) is 55.5 Å². The molecule has 2 aromatic carbocycles. The van der Waals surface area contributed by atoms with Gasteiger partial charge < -0.3 is 16.4 Å². The highest BCUT2D eigenvalue weighted by atomic mass is 79.9. The molecule has 23 heavy (non-hydrogen) atoms. The smallest absolute Gasteiger partial charge is 0.312 e. The third-order valence-electron chi connectivity index (χ3n) is 3.37. The number of halogens is 1. The number of benzene rings is 2. The van der Waals surface area contributed by atoms with Crippen molar-refractivity contribution in [1.82, 2.24) is 5.32 Å². The fourth-order valence-corrected chi connectivity index (χ4v) is 2.74. The van der Waals surface area contributed by atoms with Gasteiger partial charge >= 0.3 is 6.03 Å². The number of aryl methyl sites for hydroxylation is 1. The Morgan fingerprint density at radius 1 is 1.17 bits per heavy atom. The van der Waals surface area contributed by atoms with Gasteiger partial charge in [0, 0.05) is 10.2 Å². The summed E-state index contributed by atoms with van der Waals surface area (Å²) in [6, 6.07) is 13.7. The van der Waals surface area contributed by atoms with E-state index in [9.17, 15) is 9.59 Å². The van der Waals surface area contributed by atoms with Crippen molar-refractivity contribution < 1.29 is 9.59 Å². The Morgan fingerprint density at radius 3 is 2.48 bits per heavy atom. The Balaban J connectivity index is 2.09. The maximum absolute atomic E-state index is 12.3. The molecule has 6 heteroatoms. The molecule has 0 spiro atoms. The molecule has 0 saturated heterocycles. The minimum absolute atomic E-state index is 0.0997. The maximum Gasteiger partial charge on any atom is 0.312 e. The van der Waals surface area contributed by atoms with E-state index in [-0.39, 0.29) is 12.3 Å². The first-order chi connectivity index (χ1) is 11.0. The quantitative estimate of drug-likeness (QED) is 0.746. The van der Waals surface area contributed by atoms with Crippen LogP contribution < -0.4 is 16.4 Å². The first kappa shape index (κ1) is 17.0. The van der Waals surface area contributed by atoms with E-state index in [0.717, 1.165) is 21.3 Å². The number of primary amides is 1. The second-order valence-corrected chi connectivity index (χ2v) is 6.10. The Kier molecular flexibility index (Phi) is 5.76. The van der Waals surface area contributed by atoms with Gasteiger partial charge in [-0.05, 0) is 36.2 Å². The zero-order chi connectivity index (χ0) is 16.8. The van der Waals surface area contributed by atoms with Crippen LogP contribution in [-0.4, -0.2) is 11.9 Å². The minimum atomic E-state index is -0.661. The molecule has 0 radical (unpaired) electrons. The summed E-state index contributed by atoms with van der Waals surface area (Å²) in [4.78, 5) is 23.5. The molecular formula is C17H18BrN3O2. The molecule has 5 nitrogen and oxygen atoms in total. The van der Waals surface area contributed by atoms with Crippen LogP contribution in [-0.2, 0) is 4.79 Å². The van der Waals surface area contributed by atoms with Gasteiger partial charge in [0.05, 0.1) is 12.5 Å². The number of urea groups is 1. The Labute approximate surface area is 143 Å². The van der Waals surface area contributed by atoms with Gasteiger partial charge in [-0.1, -0.05) is 46.3 Å². The second-order valence-electron chi connectivity index (χ2n) is 5.18. The highest BCUT2D eigenvalue weighted by Crippen LogP contribution is 2.22. The van der Waals surface area contributed by atoms with Gasteiger partial charge in [-0.15, -0.1) is 0 Å². The van der Waals surface area contributed by atoms with Crippen LogP contribution in [0.2, 0.25) is 0 Å². The molecule has 0 aliphatic rings. The van der Waals surface area contributed by atoms with Crippen LogP contribution >= 0.6 is 15.9 Å². The molecule has 2 rings (SSSR count). The van der Waals surface area contributed by atoms with E-state index in [1.165, 1.54) is 0 Å². The van der Waals surface area contributed by atoms with Crippen molar-refractivity contribution in [2.45, 2.75) is 19.4 Å². The molecule has 3 amide bonds. The van der Waals surface area contributed by atoms with Crippen LogP contribution in [0.5, 0.6) is 0 Å². The molecule has 4 N–H and O–H groups in total. The molecule has 0 aliphatic carbocycles. The summed E-state index contributed by atoms with van der Waals surface area (Å²) in [5.74, 6) is -0.196. The summed E-state index contributed by atoms with van der Waals surface area (Å²) in [5.41, 5.74) is 7.73. The Bertz CT molecular complexity index is 704. The summed E-state index contributed by atoms with van der Waals surface area (Å²) >= 11 is 3.39. The lowest BCUT2D eigenvalue weighted by Crippen LogP contribution is -2.35. The summed E-state index contributed by atoms with van der Waals surface area (Å²) in [7, 11) is 0. The third kappa shape index (κ3) is 5.10. The van der Waals surface area contributed by atoms with E-state index >= 15 is 0 Å². The standard InChI is InChI=1S/C17H18BrN3O2/c1-11-9-13(18)7-8-14(11)20-16(22)10-15(21-17(19)23)12-5-3-2-4-6-12/h2-9,15H,10H2,1H3,(H,20,22)(H3,19,21,23). The first-order valence-corrected chi connectivity index (χ1v) is 7.92. The number of carbonyl (C=O) groups is 2. The lowest BCUT2D eigenvalue weighted by atomic mass is 10.0. The Hall–Kier alpha value is -2.34. The lowest BCUT2D eigenvalue weighted by molar-refractivity contribution is -0.116. The van der Waals surface area contributed by atoms with Crippen molar-refractivity contribution in [3.63, 3.8) is 0 Å². The van der Waals surface area contributed by atoms with Gasteiger partial charge in [0.15, 0.2) is 0 Å². The molecule has 120 valence electrons. The lowest BCUT2D eigenvalue weighted by Gasteiger charge is -2.18. The van der Waals surface area contributed by atoms with Gasteiger partial charge in [0.2, 0.25) is 5.91 Å². The van der Waals surface area contributed by atoms with Crippen molar-refractivity contribution >= 4 is 33.6 Å². The summed E-state index contributed by atoms with van der Waals surface area (Å²) in [6.07, 6.45) is 0.0997. The van der Waals surface area contributed by atoms with Crippen molar-refractivity contribution in [2.24, 2.45) is 5.73 Å². The normalized spacial score (nSPS) is 11.6. The number of nitrogens with one attached hydrogen (secondary N) is 2. The fraction of sp³-hybridized carbons (Fsp3) is 0.176. The zero-order valence-electron chi connectivity index (χ0n) is 12.7. The maximum atomic E-state index is 12.3. The van der Waals surface area contributed by atoms with E-state index in [1.54, 1.807) is 0 Å². The van der Waals surface area contributed by atoms with Gasteiger partial charge in [0.25, 0.3) is 0 Å². The first-order valence-electron chi connectivity index (χ1n) is 7.12. The van der Waals surface area contributed by atoms with Gasteiger partial charge in [-0.25, -0.2) is 4.79 Å². The molecule has 1 unspecified atom stereocenters. The summed E-state index contributed by atoms with van der Waals surface area (Å²) in [5, 5.41) is 5.47. The number of anilines is 1. The molecular weight excluding hydrogens is 358 g/mol. The third-order valence-corrected chi connectivity index (χ3v) is 3.86. The van der Waals surface area contributed by atoms with E-state index in [4.69, 9.17) is 5.73 Å². The molecule has 0 saturated carbocycles. The number of amides is 3. The molecule has 0 bridgehead atoms. The SMILES string of the molecule is Cc1cc(Br)ccc1NC(=O)CC(NC(N)=O)c1ccccc1. The zero-order valence-corrected chi connectivity index (χ0v) is 14.3. The monoisotopic (exact) mass is 375 g/mol. The van der Waals surface area contributed by atoms with Gasteiger partial charge in [-0.2, -0.15) is 0 Å². The topological polar surface area (TPSA) is 84.2 Å². The van der Waals surface area contributed by atoms with Gasteiger partial charge in [-0.3, -0.25) is 4.79 Å². The number of rotatable bonds is 5. The van der Waals surface area contributed by atoms with Crippen LogP contribution in [0.1, 0.15) is 23.6 Å². The largest absolute Gasteiger partial charge is 0.352 e. The summed E-state index contributed by atoms with van der Waals surface area (Å²) in [6.45, 7) is 1.91. The van der Waals surface area contributed by atoms with Crippen molar-refractivity contribution in [2.75, 3.05) is 5.32 Å². The predicted molar refractivity (Wildman–Crippen MR) is 94.0 cm³/mol. The highest BCUT2D eigenvalue weighted by Gasteiger charge is 2.17. The molecule has 0 aromatic heterocycles. The van der Waals surface area contributed by atoms with Crippen molar-refractivity contribution in [1.29, 1.82) is 0 Å². The number of nitrogens with two attached hydrogens (primary N) is 1. The van der Waals surface area contributed by atoms with E-state index in [0.29, 0.717) is 0 Å². The Morgan fingerprint density at radius 2 is 1.87 bits per heavy atom. The molecule has 1 atom stereocenters. The van der Waals surface area contributed by atoms with Crippen LogP contribution in [0.4, 0.5) is 10.5 Å². The van der Waals surface area contributed by atoms with Gasteiger partial charge in [0.1, 0.15) is 0 Å². The average Bonchev–Trinajstić information content (AvgIpc) is 2.50. The number of hydrogen-bond acceptors (Lipinski definition) is 2. The molecule has 2 aromatic rings. The van der Waals surface area contributed by atoms with Crippen LogP contribution in [0.25, 0.3) is 0 Å². The predicted octanol–water partition coefficient (Wildman–Crippen LogP) is 3.50. The fourth-order valence-electron chi connectivity index (χ4n) is 2.26. The summed E-state index contributed by atoms with van der Waals surface area (Å²) < 4.78 is 0.950. The van der Waals surface area contributed by atoms with E-state index < -0.39 is 12.1 Å². The second kappa shape index (κ2) is 7.78. The van der Waals surface area contributed by atoms with Crippen LogP contribution in [0.3, 0.4) is 0 Å². The molecule has 0 heterocycles. The van der Waals surface area contributed by atoms with Crippen molar-refractivity contribution in [3.8, 4) is 0 Å². The molecule has 0 aliphatic heterocycles. The van der Waals surface area contributed by atoms with Crippen molar-refractivity contribution in [3.05, 3.63) is 64.1 Å². The molecule has 0 fully saturated rings. The number of hydrogen-bond donors (Lipinski definition) is 3. The van der Waals surface area contributed by atoms with Crippen LogP contribution in [0, 0.1) is 6.92 Å². The number of carbonyl (C=O) groups excluding carboxylic acids is 2. The van der Waals surface area contributed by atoms with E-state index in [2.05, 4.69) is 26.6 Å². The minimum Gasteiger partial charge on any atom is -0.352 e. The highest BCUT2D eigenvalue weighted by molar-refractivity contribution is 9.10. The average molecular weight is 376 g/mol.